The minimum absolute atomic E-state index is 0.117. The molecule has 74 valence electrons. The minimum atomic E-state index is -1.10. The number of carboxylic acid groups (broad SMARTS) is 1. The third-order valence-corrected chi connectivity index (χ3v) is 1.42. The molecule has 1 rings (SSSR count). The van der Waals surface area contributed by atoms with E-state index in [0.29, 0.717) is 0 Å². The molecule has 6 nitrogen and oxygen atoms in total. The van der Waals surface area contributed by atoms with E-state index in [1.54, 1.807) is 6.92 Å². The summed E-state index contributed by atoms with van der Waals surface area (Å²) in [4.78, 5) is 21.4. The average molecular weight is 195 g/mol. The van der Waals surface area contributed by atoms with Crippen LogP contribution in [0.1, 0.15) is 16.1 Å². The highest BCUT2D eigenvalue weighted by Crippen LogP contribution is 1.96. The van der Waals surface area contributed by atoms with Crippen LogP contribution in [0.15, 0.2) is 12.3 Å². The Bertz CT molecular complexity index is 365. The van der Waals surface area contributed by atoms with Crippen molar-refractivity contribution in [2.45, 2.75) is 6.92 Å². The highest BCUT2D eigenvalue weighted by atomic mass is 16.4. The molecule has 0 fully saturated rings. The maximum Gasteiger partial charge on any atom is 0.322 e. The van der Waals surface area contributed by atoms with Gasteiger partial charge in [0.2, 0.25) is 0 Å². The number of carbonyl (C=O) groups is 2. The van der Waals surface area contributed by atoms with Crippen molar-refractivity contribution in [3.63, 3.8) is 0 Å². The smallest absolute Gasteiger partial charge is 0.322 e. The molecule has 1 aromatic rings. The summed E-state index contributed by atoms with van der Waals surface area (Å²) >= 11 is 0. The average Bonchev–Trinajstić information content (AvgIpc) is 2.14. The van der Waals surface area contributed by atoms with E-state index in [-0.39, 0.29) is 5.69 Å². The molecule has 1 heterocycles. The lowest BCUT2D eigenvalue weighted by Crippen LogP contribution is -2.30. The Morgan fingerprint density at radius 3 is 2.86 bits per heavy atom. The topological polar surface area (TPSA) is 92.2 Å². The molecule has 14 heavy (non-hydrogen) atoms. The fourth-order valence-corrected chi connectivity index (χ4v) is 0.821. The Hall–Kier alpha value is -1.98. The number of aliphatic carboxylic acids is 1. The molecule has 1 aromatic heterocycles. The molecule has 0 aliphatic carbocycles. The predicted octanol–water partition coefficient (Wildman–Crippen LogP) is -0.401. The Kier molecular flexibility index (Phi) is 3.11. The third kappa shape index (κ3) is 2.81. The largest absolute Gasteiger partial charge is 0.480 e. The van der Waals surface area contributed by atoms with Crippen LogP contribution in [0.2, 0.25) is 0 Å². The standard InChI is InChI=1S/C8H9N3O3/c1-5-2-6(11-10-3-5)8(14)9-4-7(12)13/h2-3H,4H2,1H3,(H,9,14)(H,12,13). The van der Waals surface area contributed by atoms with Gasteiger partial charge in [-0.05, 0) is 18.6 Å². The van der Waals surface area contributed by atoms with Crippen LogP contribution in [0.3, 0.4) is 0 Å². The number of aromatic nitrogens is 2. The minimum Gasteiger partial charge on any atom is -0.480 e. The number of amides is 1. The lowest BCUT2D eigenvalue weighted by Gasteiger charge is -2.00. The Morgan fingerprint density at radius 1 is 1.57 bits per heavy atom. The molecule has 0 aliphatic heterocycles. The summed E-state index contributed by atoms with van der Waals surface area (Å²) in [5, 5.41) is 17.6. The normalized spacial score (nSPS) is 9.50. The van der Waals surface area contributed by atoms with Gasteiger partial charge in [0, 0.05) is 0 Å². The molecule has 0 aliphatic rings. The second-order valence-corrected chi connectivity index (χ2v) is 2.69. The number of carbonyl (C=O) groups excluding carboxylic acids is 1. The van der Waals surface area contributed by atoms with E-state index in [1.807, 2.05) is 0 Å². The van der Waals surface area contributed by atoms with Crippen LogP contribution in [0.5, 0.6) is 0 Å². The first-order valence-electron chi connectivity index (χ1n) is 3.89. The fraction of sp³-hybridized carbons (Fsp3) is 0.250. The van der Waals surface area contributed by atoms with Gasteiger partial charge in [-0.2, -0.15) is 5.10 Å². The van der Waals surface area contributed by atoms with Crippen molar-refractivity contribution in [2.24, 2.45) is 0 Å². The summed E-state index contributed by atoms with van der Waals surface area (Å²) in [6, 6.07) is 1.53. The van der Waals surface area contributed by atoms with Gasteiger partial charge >= 0.3 is 5.97 Å². The summed E-state index contributed by atoms with van der Waals surface area (Å²) < 4.78 is 0. The van der Waals surface area contributed by atoms with Crippen LogP contribution in [-0.2, 0) is 4.79 Å². The molecule has 0 aromatic carbocycles. The van der Waals surface area contributed by atoms with Crippen molar-refractivity contribution < 1.29 is 14.7 Å². The van der Waals surface area contributed by atoms with Gasteiger partial charge in [-0.1, -0.05) is 0 Å². The lowest BCUT2D eigenvalue weighted by molar-refractivity contribution is -0.135. The van der Waals surface area contributed by atoms with Crippen molar-refractivity contribution in [1.29, 1.82) is 0 Å². The quantitative estimate of drug-likeness (QED) is 0.684. The summed E-state index contributed by atoms with van der Waals surface area (Å²) in [7, 11) is 0. The van der Waals surface area contributed by atoms with Gasteiger partial charge in [0.05, 0.1) is 6.20 Å². The molecular weight excluding hydrogens is 186 g/mol. The second-order valence-electron chi connectivity index (χ2n) is 2.69. The van der Waals surface area contributed by atoms with Crippen LogP contribution in [-0.4, -0.2) is 33.7 Å². The van der Waals surface area contributed by atoms with Gasteiger partial charge < -0.3 is 10.4 Å². The molecule has 0 atom stereocenters. The zero-order valence-electron chi connectivity index (χ0n) is 7.52. The van der Waals surface area contributed by atoms with E-state index in [0.717, 1.165) is 5.56 Å². The zero-order valence-corrected chi connectivity index (χ0v) is 7.52. The van der Waals surface area contributed by atoms with E-state index in [9.17, 15) is 9.59 Å². The zero-order chi connectivity index (χ0) is 10.6. The first-order valence-corrected chi connectivity index (χ1v) is 3.89. The maximum atomic E-state index is 11.2. The van der Waals surface area contributed by atoms with Crippen LogP contribution < -0.4 is 5.32 Å². The summed E-state index contributed by atoms with van der Waals surface area (Å²) in [5.74, 6) is -1.64. The van der Waals surface area contributed by atoms with E-state index >= 15 is 0 Å². The van der Waals surface area contributed by atoms with E-state index < -0.39 is 18.4 Å². The number of hydrogen-bond donors (Lipinski definition) is 2. The lowest BCUT2D eigenvalue weighted by atomic mass is 10.3. The molecule has 0 bridgehead atoms. The molecule has 0 saturated carbocycles. The van der Waals surface area contributed by atoms with E-state index in [1.165, 1.54) is 12.3 Å². The first-order chi connectivity index (χ1) is 6.59. The van der Waals surface area contributed by atoms with Crippen molar-refractivity contribution >= 4 is 11.9 Å². The molecule has 6 heteroatoms. The summed E-state index contributed by atoms with van der Waals surface area (Å²) in [5.41, 5.74) is 0.909. The number of hydrogen-bond acceptors (Lipinski definition) is 4. The third-order valence-electron chi connectivity index (χ3n) is 1.42. The molecule has 0 unspecified atom stereocenters. The Morgan fingerprint density at radius 2 is 2.29 bits per heavy atom. The summed E-state index contributed by atoms with van der Waals surface area (Å²) in [6.07, 6.45) is 1.51. The second kappa shape index (κ2) is 4.31. The van der Waals surface area contributed by atoms with E-state index in [4.69, 9.17) is 5.11 Å². The molecule has 2 N–H and O–H groups in total. The predicted molar refractivity (Wildman–Crippen MR) is 46.7 cm³/mol. The number of nitrogens with one attached hydrogen (secondary N) is 1. The Balaban J connectivity index is 2.65. The highest BCUT2D eigenvalue weighted by molar-refractivity contribution is 5.93. The number of carboxylic acids is 1. The van der Waals surface area contributed by atoms with Crippen LogP contribution in [0.25, 0.3) is 0 Å². The highest BCUT2D eigenvalue weighted by Gasteiger charge is 2.08. The monoisotopic (exact) mass is 195 g/mol. The first kappa shape index (κ1) is 10.1. The maximum absolute atomic E-state index is 11.2. The van der Waals surface area contributed by atoms with Crippen LogP contribution in [0, 0.1) is 6.92 Å². The SMILES string of the molecule is Cc1cnnc(C(=O)NCC(=O)O)c1. The summed E-state index contributed by atoms with van der Waals surface area (Å²) in [6.45, 7) is 1.34. The van der Waals surface area contributed by atoms with Gasteiger partial charge in [-0.3, -0.25) is 9.59 Å². The number of nitrogens with zero attached hydrogens (tertiary/aromatic N) is 2. The van der Waals surface area contributed by atoms with Crippen LogP contribution >= 0.6 is 0 Å². The molecular formula is C8H9N3O3. The number of aryl methyl sites for hydroxylation is 1. The van der Waals surface area contributed by atoms with Gasteiger partial charge in [-0.15, -0.1) is 5.10 Å². The van der Waals surface area contributed by atoms with Gasteiger partial charge in [0.15, 0.2) is 5.69 Å². The van der Waals surface area contributed by atoms with Gasteiger partial charge in [0.1, 0.15) is 6.54 Å². The number of rotatable bonds is 3. The molecule has 1 amide bonds. The van der Waals surface area contributed by atoms with Gasteiger partial charge in [-0.25, -0.2) is 0 Å². The van der Waals surface area contributed by atoms with Crippen molar-refractivity contribution in [3.05, 3.63) is 23.5 Å². The van der Waals surface area contributed by atoms with Crippen molar-refractivity contribution in [3.8, 4) is 0 Å². The fourth-order valence-electron chi connectivity index (χ4n) is 0.821. The van der Waals surface area contributed by atoms with Gasteiger partial charge in [0.25, 0.3) is 5.91 Å². The van der Waals surface area contributed by atoms with Crippen molar-refractivity contribution in [2.75, 3.05) is 6.54 Å². The van der Waals surface area contributed by atoms with Crippen LogP contribution in [0.4, 0.5) is 0 Å². The Labute approximate surface area is 80.0 Å². The van der Waals surface area contributed by atoms with Crippen molar-refractivity contribution in [1.82, 2.24) is 15.5 Å². The molecule has 0 saturated heterocycles. The van der Waals surface area contributed by atoms with E-state index in [2.05, 4.69) is 15.5 Å². The molecule has 0 spiro atoms. The molecule has 0 radical (unpaired) electrons.